The number of nitrogens with one attached hydrogen (secondary N) is 1. The van der Waals surface area contributed by atoms with Gasteiger partial charge in [-0.3, -0.25) is 4.79 Å². The quantitative estimate of drug-likeness (QED) is 0.841. The Balaban J connectivity index is 2.35. The molecule has 0 atom stereocenters. The molecule has 0 saturated carbocycles. The lowest BCUT2D eigenvalue weighted by Crippen LogP contribution is -2.15. The van der Waals surface area contributed by atoms with Gasteiger partial charge in [0.1, 0.15) is 5.82 Å². The van der Waals surface area contributed by atoms with Gasteiger partial charge >= 0.3 is 0 Å². The van der Waals surface area contributed by atoms with E-state index < -0.39 is 5.82 Å². The average molecular weight is 336 g/mol. The molecule has 2 rings (SSSR count). The van der Waals surface area contributed by atoms with Gasteiger partial charge in [0.05, 0.1) is 5.69 Å². The van der Waals surface area contributed by atoms with Crippen LogP contribution in [-0.2, 0) is 0 Å². The van der Waals surface area contributed by atoms with E-state index in [0.717, 1.165) is 21.2 Å². The lowest BCUT2D eigenvalue weighted by atomic mass is 10.1. The smallest absolute Gasteiger partial charge is 0.256 e. The first-order valence-corrected chi connectivity index (χ1v) is 7.02. The van der Waals surface area contributed by atoms with Crippen LogP contribution in [0.1, 0.15) is 27.0 Å². The van der Waals surface area contributed by atoms with Crippen molar-refractivity contribution in [1.29, 1.82) is 0 Å². The van der Waals surface area contributed by atoms with Crippen molar-refractivity contribution in [2.24, 2.45) is 0 Å². The zero-order valence-corrected chi connectivity index (χ0v) is 13.1. The van der Waals surface area contributed by atoms with Crippen LogP contribution in [-0.4, -0.2) is 5.91 Å². The number of hydrogen-bond acceptors (Lipinski definition) is 1. The van der Waals surface area contributed by atoms with Gasteiger partial charge in [-0.2, -0.15) is 0 Å². The predicted octanol–water partition coefficient (Wildman–Crippen LogP) is 4.77. The number of amides is 1. The molecule has 0 unspecified atom stereocenters. The standard InChI is InChI=1S/C16H15BrFNO/c1-9-6-11(3)15(14(17)7-9)19-16(20)13-8-12(18)5-4-10(13)2/h4-8H,1-3H3,(H,19,20). The second kappa shape index (κ2) is 5.75. The van der Waals surface area contributed by atoms with Gasteiger partial charge in [-0.25, -0.2) is 4.39 Å². The summed E-state index contributed by atoms with van der Waals surface area (Å²) >= 11 is 3.44. The minimum absolute atomic E-state index is 0.311. The summed E-state index contributed by atoms with van der Waals surface area (Å²) in [6.07, 6.45) is 0. The summed E-state index contributed by atoms with van der Waals surface area (Å²) in [5, 5.41) is 2.84. The molecule has 0 bridgehead atoms. The molecule has 104 valence electrons. The van der Waals surface area contributed by atoms with E-state index in [1.807, 2.05) is 26.0 Å². The third kappa shape index (κ3) is 3.07. The van der Waals surface area contributed by atoms with E-state index in [2.05, 4.69) is 21.2 Å². The summed E-state index contributed by atoms with van der Waals surface area (Å²) in [6, 6.07) is 8.11. The number of aryl methyl sites for hydroxylation is 3. The van der Waals surface area contributed by atoms with Crippen molar-refractivity contribution >= 4 is 27.5 Å². The zero-order valence-electron chi connectivity index (χ0n) is 11.6. The van der Waals surface area contributed by atoms with E-state index in [-0.39, 0.29) is 5.91 Å². The monoisotopic (exact) mass is 335 g/mol. The van der Waals surface area contributed by atoms with Crippen LogP contribution >= 0.6 is 15.9 Å². The van der Waals surface area contributed by atoms with Crippen LogP contribution in [0.25, 0.3) is 0 Å². The molecular weight excluding hydrogens is 321 g/mol. The second-order valence-corrected chi connectivity index (χ2v) is 5.71. The van der Waals surface area contributed by atoms with Crippen molar-refractivity contribution in [3.63, 3.8) is 0 Å². The Hall–Kier alpha value is -1.68. The molecule has 0 saturated heterocycles. The van der Waals surface area contributed by atoms with Crippen molar-refractivity contribution in [2.45, 2.75) is 20.8 Å². The third-order valence-electron chi connectivity index (χ3n) is 3.11. The molecule has 0 radical (unpaired) electrons. The lowest BCUT2D eigenvalue weighted by molar-refractivity contribution is 0.102. The predicted molar refractivity (Wildman–Crippen MR) is 82.7 cm³/mol. The van der Waals surface area contributed by atoms with Gasteiger partial charge in [-0.1, -0.05) is 12.1 Å². The van der Waals surface area contributed by atoms with Crippen LogP contribution in [0.15, 0.2) is 34.8 Å². The Bertz CT molecular complexity index is 659. The van der Waals surface area contributed by atoms with Crippen LogP contribution in [0.5, 0.6) is 0 Å². The highest BCUT2D eigenvalue weighted by Crippen LogP contribution is 2.28. The molecule has 0 aliphatic rings. The van der Waals surface area contributed by atoms with Gasteiger partial charge in [0.2, 0.25) is 0 Å². The number of carbonyl (C=O) groups excluding carboxylic acids is 1. The molecule has 0 spiro atoms. The van der Waals surface area contributed by atoms with E-state index in [0.29, 0.717) is 11.3 Å². The molecule has 0 heterocycles. The number of rotatable bonds is 2. The molecule has 2 aromatic carbocycles. The number of carbonyl (C=O) groups is 1. The molecule has 0 fully saturated rings. The van der Waals surface area contributed by atoms with Crippen LogP contribution in [0.2, 0.25) is 0 Å². The summed E-state index contributed by atoms with van der Waals surface area (Å²) in [5.41, 5.74) is 3.86. The molecule has 2 aromatic rings. The first kappa shape index (κ1) is 14.7. The van der Waals surface area contributed by atoms with Crippen molar-refractivity contribution in [2.75, 3.05) is 5.32 Å². The summed E-state index contributed by atoms with van der Waals surface area (Å²) in [5.74, 6) is -0.727. The average Bonchev–Trinajstić information content (AvgIpc) is 2.36. The fourth-order valence-corrected chi connectivity index (χ4v) is 2.87. The lowest BCUT2D eigenvalue weighted by Gasteiger charge is -2.13. The van der Waals surface area contributed by atoms with Gasteiger partial charge in [0.25, 0.3) is 5.91 Å². The molecular formula is C16H15BrFNO. The maximum atomic E-state index is 13.3. The highest BCUT2D eigenvalue weighted by atomic mass is 79.9. The third-order valence-corrected chi connectivity index (χ3v) is 3.74. The van der Waals surface area contributed by atoms with E-state index in [9.17, 15) is 9.18 Å². The topological polar surface area (TPSA) is 29.1 Å². The largest absolute Gasteiger partial charge is 0.321 e. The fourth-order valence-electron chi connectivity index (χ4n) is 2.09. The van der Waals surface area contributed by atoms with Crippen molar-refractivity contribution in [3.8, 4) is 0 Å². The molecule has 0 aliphatic heterocycles. The van der Waals surface area contributed by atoms with Gasteiger partial charge in [-0.15, -0.1) is 0 Å². The summed E-state index contributed by atoms with van der Waals surface area (Å²) in [6.45, 7) is 5.69. The molecule has 1 amide bonds. The van der Waals surface area contributed by atoms with E-state index in [1.54, 1.807) is 13.0 Å². The Labute approximate surface area is 126 Å². The van der Waals surface area contributed by atoms with Gasteiger partial charge in [0.15, 0.2) is 0 Å². The van der Waals surface area contributed by atoms with E-state index >= 15 is 0 Å². The molecule has 0 aromatic heterocycles. The Morgan fingerprint density at radius 1 is 1.10 bits per heavy atom. The fraction of sp³-hybridized carbons (Fsp3) is 0.188. The Kier molecular flexibility index (Phi) is 4.23. The Morgan fingerprint density at radius 3 is 2.45 bits per heavy atom. The minimum atomic E-state index is -0.416. The summed E-state index contributed by atoms with van der Waals surface area (Å²) in [7, 11) is 0. The number of hydrogen-bond donors (Lipinski definition) is 1. The second-order valence-electron chi connectivity index (χ2n) is 4.85. The van der Waals surface area contributed by atoms with Crippen molar-refractivity contribution in [3.05, 3.63) is 62.9 Å². The van der Waals surface area contributed by atoms with Gasteiger partial charge in [-0.05, 0) is 71.6 Å². The minimum Gasteiger partial charge on any atom is -0.321 e. The molecule has 0 aliphatic carbocycles. The van der Waals surface area contributed by atoms with Crippen LogP contribution in [0.3, 0.4) is 0 Å². The van der Waals surface area contributed by atoms with E-state index in [4.69, 9.17) is 0 Å². The normalized spacial score (nSPS) is 10.4. The van der Waals surface area contributed by atoms with Crippen LogP contribution < -0.4 is 5.32 Å². The highest BCUT2D eigenvalue weighted by Gasteiger charge is 2.13. The Morgan fingerprint density at radius 2 is 1.80 bits per heavy atom. The first-order valence-electron chi connectivity index (χ1n) is 6.22. The summed E-state index contributed by atoms with van der Waals surface area (Å²) < 4.78 is 14.1. The first-order chi connectivity index (χ1) is 9.38. The van der Waals surface area contributed by atoms with Crippen molar-refractivity contribution < 1.29 is 9.18 Å². The SMILES string of the molecule is Cc1cc(C)c(NC(=O)c2cc(F)ccc2C)c(Br)c1. The number of benzene rings is 2. The van der Waals surface area contributed by atoms with Crippen LogP contribution in [0, 0.1) is 26.6 Å². The van der Waals surface area contributed by atoms with Crippen LogP contribution in [0.4, 0.5) is 10.1 Å². The maximum absolute atomic E-state index is 13.3. The molecule has 1 N–H and O–H groups in total. The number of anilines is 1. The van der Waals surface area contributed by atoms with E-state index in [1.165, 1.54) is 12.1 Å². The highest BCUT2D eigenvalue weighted by molar-refractivity contribution is 9.10. The van der Waals surface area contributed by atoms with Gasteiger partial charge < -0.3 is 5.32 Å². The number of halogens is 2. The molecule has 4 heteroatoms. The van der Waals surface area contributed by atoms with Crippen molar-refractivity contribution in [1.82, 2.24) is 0 Å². The zero-order chi connectivity index (χ0) is 14.9. The molecule has 20 heavy (non-hydrogen) atoms. The maximum Gasteiger partial charge on any atom is 0.256 e. The molecule has 2 nitrogen and oxygen atoms in total. The van der Waals surface area contributed by atoms with Gasteiger partial charge in [0, 0.05) is 10.0 Å². The summed E-state index contributed by atoms with van der Waals surface area (Å²) in [4.78, 5) is 12.3.